The smallest absolute Gasteiger partial charge is 0.255 e. The minimum Gasteiger partial charge on any atom is -0.490 e. The lowest BCUT2D eigenvalue weighted by Gasteiger charge is -2.14. The summed E-state index contributed by atoms with van der Waals surface area (Å²) in [6.45, 7) is 4.45. The molecule has 0 radical (unpaired) electrons. The monoisotopic (exact) mass is 337 g/mol. The Labute approximate surface area is 139 Å². The largest absolute Gasteiger partial charge is 0.490 e. The molecule has 0 saturated carbocycles. The normalized spacial score (nSPS) is 10.3. The second-order valence-electron chi connectivity index (χ2n) is 4.59. The Morgan fingerprint density at radius 2 is 1.87 bits per heavy atom. The van der Waals surface area contributed by atoms with Crippen molar-refractivity contribution in [3.63, 3.8) is 0 Å². The molecule has 0 heterocycles. The topological polar surface area (TPSA) is 47.6 Å². The Kier molecular flexibility index (Phi) is 5.82. The van der Waals surface area contributed by atoms with Crippen molar-refractivity contribution in [2.45, 2.75) is 13.8 Å². The molecular weight excluding hydrogens is 321 g/mol. The molecule has 2 rings (SSSR count). The first-order valence-corrected chi connectivity index (χ1v) is 7.59. The second-order valence-corrected chi connectivity index (χ2v) is 4.99. The Morgan fingerprint density at radius 3 is 2.52 bits per heavy atom. The van der Waals surface area contributed by atoms with E-state index in [1.165, 1.54) is 24.3 Å². The van der Waals surface area contributed by atoms with Gasteiger partial charge in [0.1, 0.15) is 5.82 Å². The van der Waals surface area contributed by atoms with Gasteiger partial charge in [-0.3, -0.25) is 4.79 Å². The van der Waals surface area contributed by atoms with Crippen LogP contribution in [0.25, 0.3) is 0 Å². The summed E-state index contributed by atoms with van der Waals surface area (Å²) in [4.78, 5) is 12.3. The maximum absolute atomic E-state index is 13.6. The molecule has 0 saturated heterocycles. The number of para-hydroxylation sites is 1. The van der Waals surface area contributed by atoms with Crippen LogP contribution in [-0.2, 0) is 0 Å². The molecule has 2 aromatic carbocycles. The van der Waals surface area contributed by atoms with Crippen molar-refractivity contribution >= 4 is 23.2 Å². The van der Waals surface area contributed by atoms with Crippen LogP contribution < -0.4 is 14.8 Å². The summed E-state index contributed by atoms with van der Waals surface area (Å²) in [6, 6.07) is 8.92. The number of hydrogen-bond donors (Lipinski definition) is 1. The average Bonchev–Trinajstić information content (AvgIpc) is 2.53. The van der Waals surface area contributed by atoms with Crippen molar-refractivity contribution in [3.8, 4) is 11.5 Å². The SMILES string of the molecule is CCOc1cc(C(=O)Nc2ccccc2F)cc(Cl)c1OCC. The maximum Gasteiger partial charge on any atom is 0.255 e. The van der Waals surface area contributed by atoms with Gasteiger partial charge in [0, 0.05) is 5.56 Å². The van der Waals surface area contributed by atoms with Crippen molar-refractivity contribution in [2.24, 2.45) is 0 Å². The standard InChI is InChI=1S/C17H17ClFNO3/c1-3-22-15-10-11(9-12(18)16(15)23-4-2)17(21)20-14-8-6-5-7-13(14)19/h5-10H,3-4H2,1-2H3,(H,20,21). The molecule has 0 aliphatic carbocycles. The molecule has 6 heteroatoms. The summed E-state index contributed by atoms with van der Waals surface area (Å²) < 4.78 is 24.5. The van der Waals surface area contributed by atoms with E-state index in [1.54, 1.807) is 12.1 Å². The third-order valence-electron chi connectivity index (χ3n) is 2.98. The maximum atomic E-state index is 13.6. The van der Waals surface area contributed by atoms with E-state index in [0.29, 0.717) is 24.7 Å². The number of benzene rings is 2. The van der Waals surface area contributed by atoms with Crippen molar-refractivity contribution in [3.05, 3.63) is 52.8 Å². The van der Waals surface area contributed by atoms with Crippen LogP contribution in [0.3, 0.4) is 0 Å². The van der Waals surface area contributed by atoms with Gasteiger partial charge < -0.3 is 14.8 Å². The number of anilines is 1. The molecule has 23 heavy (non-hydrogen) atoms. The van der Waals surface area contributed by atoms with E-state index in [9.17, 15) is 9.18 Å². The zero-order valence-corrected chi connectivity index (χ0v) is 13.6. The number of halogens is 2. The van der Waals surface area contributed by atoms with E-state index in [2.05, 4.69) is 5.32 Å². The third-order valence-corrected chi connectivity index (χ3v) is 3.26. The van der Waals surface area contributed by atoms with Crippen LogP contribution in [0.4, 0.5) is 10.1 Å². The number of carbonyl (C=O) groups excluding carboxylic acids is 1. The highest BCUT2D eigenvalue weighted by Gasteiger charge is 2.17. The molecule has 122 valence electrons. The van der Waals surface area contributed by atoms with Gasteiger partial charge in [0.2, 0.25) is 0 Å². The van der Waals surface area contributed by atoms with E-state index in [-0.39, 0.29) is 16.3 Å². The van der Waals surface area contributed by atoms with Gasteiger partial charge in [0.25, 0.3) is 5.91 Å². The second kappa shape index (κ2) is 7.83. The molecule has 1 N–H and O–H groups in total. The molecule has 0 bridgehead atoms. The molecule has 0 unspecified atom stereocenters. The molecule has 1 amide bonds. The Bertz CT molecular complexity index is 706. The van der Waals surface area contributed by atoms with Crippen molar-refractivity contribution < 1.29 is 18.7 Å². The Hall–Kier alpha value is -2.27. The predicted octanol–water partition coefficient (Wildman–Crippen LogP) is 4.53. The van der Waals surface area contributed by atoms with Crippen molar-refractivity contribution in [1.82, 2.24) is 0 Å². The Balaban J connectivity index is 2.31. The molecule has 0 aliphatic rings. The molecule has 0 fully saturated rings. The lowest BCUT2D eigenvalue weighted by atomic mass is 10.1. The highest BCUT2D eigenvalue weighted by atomic mass is 35.5. The predicted molar refractivity (Wildman–Crippen MR) is 88.1 cm³/mol. The van der Waals surface area contributed by atoms with Gasteiger partial charge in [0.05, 0.1) is 23.9 Å². The zero-order chi connectivity index (χ0) is 16.8. The summed E-state index contributed by atoms with van der Waals surface area (Å²) in [5.41, 5.74) is 0.352. The molecular formula is C17H17ClFNO3. The summed E-state index contributed by atoms with van der Waals surface area (Å²) in [6.07, 6.45) is 0. The van der Waals surface area contributed by atoms with Gasteiger partial charge in [-0.15, -0.1) is 0 Å². The van der Waals surface area contributed by atoms with Crippen LogP contribution in [0.15, 0.2) is 36.4 Å². The number of nitrogens with one attached hydrogen (secondary N) is 1. The Morgan fingerprint density at radius 1 is 1.17 bits per heavy atom. The summed E-state index contributed by atoms with van der Waals surface area (Å²) in [5.74, 6) is -0.233. The van der Waals surface area contributed by atoms with Gasteiger partial charge in [-0.2, -0.15) is 0 Å². The van der Waals surface area contributed by atoms with Crippen LogP contribution >= 0.6 is 11.6 Å². The minimum atomic E-state index is -0.511. The highest BCUT2D eigenvalue weighted by molar-refractivity contribution is 6.32. The number of amides is 1. The highest BCUT2D eigenvalue weighted by Crippen LogP contribution is 2.37. The number of ether oxygens (including phenoxy) is 2. The average molecular weight is 338 g/mol. The van der Waals surface area contributed by atoms with Gasteiger partial charge >= 0.3 is 0 Å². The van der Waals surface area contributed by atoms with Gasteiger partial charge in [-0.05, 0) is 38.1 Å². The van der Waals surface area contributed by atoms with Crippen LogP contribution in [0.1, 0.15) is 24.2 Å². The fraction of sp³-hybridized carbons (Fsp3) is 0.235. The molecule has 4 nitrogen and oxygen atoms in total. The van der Waals surface area contributed by atoms with E-state index >= 15 is 0 Å². The summed E-state index contributed by atoms with van der Waals surface area (Å²) in [7, 11) is 0. The van der Waals surface area contributed by atoms with Crippen LogP contribution in [0.2, 0.25) is 5.02 Å². The number of hydrogen-bond acceptors (Lipinski definition) is 3. The first kappa shape index (κ1) is 17.1. The number of carbonyl (C=O) groups is 1. The van der Waals surface area contributed by atoms with E-state index < -0.39 is 11.7 Å². The minimum absolute atomic E-state index is 0.0977. The van der Waals surface area contributed by atoms with Crippen LogP contribution in [0.5, 0.6) is 11.5 Å². The lowest BCUT2D eigenvalue weighted by molar-refractivity contribution is 0.102. The van der Waals surface area contributed by atoms with Crippen LogP contribution in [0, 0.1) is 5.82 Å². The fourth-order valence-corrected chi connectivity index (χ4v) is 2.27. The first-order valence-electron chi connectivity index (χ1n) is 7.21. The summed E-state index contributed by atoms with van der Waals surface area (Å²) >= 11 is 6.17. The van der Waals surface area contributed by atoms with E-state index in [0.717, 1.165) is 0 Å². The quantitative estimate of drug-likeness (QED) is 0.842. The molecule has 2 aromatic rings. The molecule has 0 aromatic heterocycles. The summed E-state index contributed by atoms with van der Waals surface area (Å²) in [5, 5.41) is 2.77. The molecule has 0 atom stereocenters. The van der Waals surface area contributed by atoms with Crippen molar-refractivity contribution in [1.29, 1.82) is 0 Å². The fourth-order valence-electron chi connectivity index (χ4n) is 2.00. The first-order chi connectivity index (χ1) is 11.1. The number of rotatable bonds is 6. The third kappa shape index (κ3) is 4.13. The van der Waals surface area contributed by atoms with Gasteiger partial charge in [-0.25, -0.2) is 4.39 Å². The van der Waals surface area contributed by atoms with E-state index in [4.69, 9.17) is 21.1 Å². The van der Waals surface area contributed by atoms with Crippen molar-refractivity contribution in [2.75, 3.05) is 18.5 Å². The lowest BCUT2D eigenvalue weighted by Crippen LogP contribution is -2.13. The van der Waals surface area contributed by atoms with E-state index in [1.807, 2.05) is 13.8 Å². The molecule has 0 spiro atoms. The van der Waals surface area contributed by atoms with Crippen LogP contribution in [-0.4, -0.2) is 19.1 Å². The van der Waals surface area contributed by atoms with Gasteiger partial charge in [0.15, 0.2) is 11.5 Å². The molecule has 0 aliphatic heterocycles. The zero-order valence-electron chi connectivity index (χ0n) is 12.9. The van der Waals surface area contributed by atoms with Gasteiger partial charge in [-0.1, -0.05) is 23.7 Å².